The Bertz CT molecular complexity index is 1130. The SMILES string of the molecule is COc1ccc(NC(C)=O)cc1NC(=O)C1CCN(Cc2nc3ccc(C)cc3[nH]2)CC1. The Morgan fingerprint density at radius 2 is 1.94 bits per heavy atom. The van der Waals surface area contributed by atoms with E-state index in [4.69, 9.17) is 4.74 Å². The largest absolute Gasteiger partial charge is 0.495 e. The Hall–Kier alpha value is -3.39. The number of fused-ring (bicyclic) bond motifs is 1. The van der Waals surface area contributed by atoms with Gasteiger partial charge in [0.25, 0.3) is 0 Å². The number of rotatable bonds is 6. The number of aryl methyl sites for hydroxylation is 1. The standard InChI is InChI=1S/C24H29N5O3/c1-15-4-6-19-20(12-15)27-23(26-19)14-29-10-8-17(9-11-29)24(31)28-21-13-18(25-16(2)30)5-7-22(21)32-3/h4-7,12-13,17H,8-11,14H2,1-3H3,(H,25,30)(H,26,27)(H,28,31). The van der Waals surface area contributed by atoms with Crippen LogP contribution in [0.3, 0.4) is 0 Å². The number of anilines is 2. The van der Waals surface area contributed by atoms with E-state index in [1.807, 2.05) is 6.07 Å². The number of hydrogen-bond donors (Lipinski definition) is 3. The number of benzene rings is 2. The highest BCUT2D eigenvalue weighted by atomic mass is 16.5. The summed E-state index contributed by atoms with van der Waals surface area (Å²) < 4.78 is 5.36. The molecule has 2 amide bonds. The molecule has 2 heterocycles. The van der Waals surface area contributed by atoms with Crippen molar-refractivity contribution < 1.29 is 14.3 Å². The number of aromatic nitrogens is 2. The third kappa shape index (κ3) is 5.08. The lowest BCUT2D eigenvalue weighted by Gasteiger charge is -2.30. The number of imidazole rings is 1. The van der Waals surface area contributed by atoms with E-state index >= 15 is 0 Å². The second-order valence-corrected chi connectivity index (χ2v) is 8.34. The van der Waals surface area contributed by atoms with Crippen LogP contribution in [0.1, 0.15) is 31.2 Å². The Labute approximate surface area is 187 Å². The number of amides is 2. The monoisotopic (exact) mass is 435 g/mol. The van der Waals surface area contributed by atoms with Crippen molar-refractivity contribution >= 4 is 34.2 Å². The molecule has 1 aliphatic rings. The number of H-pyrrole nitrogens is 1. The van der Waals surface area contributed by atoms with Gasteiger partial charge < -0.3 is 20.4 Å². The Kier molecular flexibility index (Phi) is 6.41. The molecule has 0 radical (unpaired) electrons. The first-order chi connectivity index (χ1) is 15.4. The summed E-state index contributed by atoms with van der Waals surface area (Å²) in [6, 6.07) is 11.4. The van der Waals surface area contributed by atoms with Gasteiger partial charge in [-0.2, -0.15) is 0 Å². The zero-order valence-corrected chi connectivity index (χ0v) is 18.7. The first kappa shape index (κ1) is 21.8. The van der Waals surface area contributed by atoms with E-state index in [2.05, 4.69) is 44.6 Å². The highest BCUT2D eigenvalue weighted by molar-refractivity contribution is 5.96. The number of aromatic amines is 1. The molecule has 1 fully saturated rings. The maximum Gasteiger partial charge on any atom is 0.227 e. The molecule has 168 valence electrons. The minimum atomic E-state index is -0.167. The van der Waals surface area contributed by atoms with Crippen LogP contribution in [0.25, 0.3) is 11.0 Å². The van der Waals surface area contributed by atoms with E-state index in [1.165, 1.54) is 12.5 Å². The van der Waals surface area contributed by atoms with Crippen LogP contribution in [0.5, 0.6) is 5.75 Å². The lowest BCUT2D eigenvalue weighted by molar-refractivity contribution is -0.121. The number of hydrogen-bond acceptors (Lipinski definition) is 5. The van der Waals surface area contributed by atoms with Crippen molar-refractivity contribution in [2.24, 2.45) is 5.92 Å². The molecule has 8 nitrogen and oxygen atoms in total. The van der Waals surface area contributed by atoms with Gasteiger partial charge in [0.05, 0.1) is 30.4 Å². The summed E-state index contributed by atoms with van der Waals surface area (Å²) in [5.41, 5.74) is 4.42. The second-order valence-electron chi connectivity index (χ2n) is 8.34. The van der Waals surface area contributed by atoms with Crippen molar-refractivity contribution in [3.63, 3.8) is 0 Å². The van der Waals surface area contributed by atoms with E-state index in [1.54, 1.807) is 25.3 Å². The van der Waals surface area contributed by atoms with Gasteiger partial charge in [0.15, 0.2) is 0 Å². The van der Waals surface area contributed by atoms with E-state index in [9.17, 15) is 9.59 Å². The van der Waals surface area contributed by atoms with Gasteiger partial charge in [-0.1, -0.05) is 6.07 Å². The summed E-state index contributed by atoms with van der Waals surface area (Å²) in [6.45, 7) is 5.92. The topological polar surface area (TPSA) is 99.3 Å². The first-order valence-electron chi connectivity index (χ1n) is 10.9. The van der Waals surface area contributed by atoms with E-state index in [0.717, 1.165) is 49.3 Å². The molecule has 3 N–H and O–H groups in total. The third-order valence-electron chi connectivity index (χ3n) is 5.80. The fourth-order valence-corrected chi connectivity index (χ4v) is 4.14. The summed E-state index contributed by atoms with van der Waals surface area (Å²) in [5.74, 6) is 1.25. The number of likely N-dealkylation sites (tertiary alicyclic amines) is 1. The van der Waals surface area contributed by atoms with Crippen molar-refractivity contribution in [3.05, 3.63) is 47.8 Å². The average molecular weight is 436 g/mol. The average Bonchev–Trinajstić information content (AvgIpc) is 3.15. The molecule has 1 aliphatic heterocycles. The van der Waals surface area contributed by atoms with Crippen LogP contribution in [-0.2, 0) is 16.1 Å². The summed E-state index contributed by atoms with van der Waals surface area (Å²) in [4.78, 5) is 34.6. The number of piperidine rings is 1. The van der Waals surface area contributed by atoms with Crippen molar-refractivity contribution in [2.45, 2.75) is 33.2 Å². The number of nitrogens with zero attached hydrogens (tertiary/aromatic N) is 2. The highest BCUT2D eigenvalue weighted by Gasteiger charge is 2.26. The first-order valence-corrected chi connectivity index (χ1v) is 10.9. The molecular formula is C24H29N5O3. The highest BCUT2D eigenvalue weighted by Crippen LogP contribution is 2.29. The van der Waals surface area contributed by atoms with Crippen molar-refractivity contribution in [3.8, 4) is 5.75 Å². The molecule has 0 spiro atoms. The summed E-state index contributed by atoms with van der Waals surface area (Å²) in [7, 11) is 1.56. The summed E-state index contributed by atoms with van der Waals surface area (Å²) in [6.07, 6.45) is 1.55. The number of methoxy groups -OCH3 is 1. The van der Waals surface area contributed by atoms with Crippen molar-refractivity contribution in [1.29, 1.82) is 0 Å². The van der Waals surface area contributed by atoms with E-state index in [0.29, 0.717) is 17.1 Å². The lowest BCUT2D eigenvalue weighted by Crippen LogP contribution is -2.38. The number of nitrogens with one attached hydrogen (secondary N) is 3. The van der Waals surface area contributed by atoms with Crippen LogP contribution in [0.4, 0.5) is 11.4 Å². The molecule has 3 aromatic rings. The van der Waals surface area contributed by atoms with Gasteiger partial charge >= 0.3 is 0 Å². The zero-order valence-electron chi connectivity index (χ0n) is 18.7. The fourth-order valence-electron chi connectivity index (χ4n) is 4.14. The van der Waals surface area contributed by atoms with Gasteiger partial charge in [-0.25, -0.2) is 4.98 Å². The van der Waals surface area contributed by atoms with E-state index in [-0.39, 0.29) is 17.7 Å². The van der Waals surface area contributed by atoms with Crippen LogP contribution < -0.4 is 15.4 Å². The van der Waals surface area contributed by atoms with Gasteiger partial charge in [0.2, 0.25) is 11.8 Å². The Balaban J connectivity index is 1.34. The maximum absolute atomic E-state index is 12.9. The molecule has 32 heavy (non-hydrogen) atoms. The molecular weight excluding hydrogens is 406 g/mol. The minimum Gasteiger partial charge on any atom is -0.495 e. The smallest absolute Gasteiger partial charge is 0.227 e. The van der Waals surface area contributed by atoms with E-state index < -0.39 is 0 Å². The summed E-state index contributed by atoms with van der Waals surface area (Å²) >= 11 is 0. The third-order valence-corrected chi connectivity index (χ3v) is 5.80. The molecule has 0 saturated carbocycles. The molecule has 0 unspecified atom stereocenters. The van der Waals surface area contributed by atoms with Crippen LogP contribution in [-0.4, -0.2) is 46.9 Å². The summed E-state index contributed by atoms with van der Waals surface area (Å²) in [5, 5.41) is 5.71. The van der Waals surface area contributed by atoms with Crippen molar-refractivity contribution in [1.82, 2.24) is 14.9 Å². The molecule has 4 rings (SSSR count). The maximum atomic E-state index is 12.9. The molecule has 0 bridgehead atoms. The van der Waals surface area contributed by atoms with Crippen LogP contribution in [0, 0.1) is 12.8 Å². The predicted molar refractivity (Wildman–Crippen MR) is 125 cm³/mol. The quantitative estimate of drug-likeness (QED) is 0.548. The van der Waals surface area contributed by atoms with Crippen LogP contribution in [0.2, 0.25) is 0 Å². The van der Waals surface area contributed by atoms with Gasteiger partial charge in [0, 0.05) is 18.5 Å². The Morgan fingerprint density at radius 3 is 2.66 bits per heavy atom. The molecule has 0 aliphatic carbocycles. The normalized spacial score (nSPS) is 15.0. The Morgan fingerprint density at radius 1 is 1.16 bits per heavy atom. The lowest BCUT2D eigenvalue weighted by atomic mass is 9.95. The zero-order chi connectivity index (χ0) is 22.7. The van der Waals surface area contributed by atoms with Gasteiger partial charge in [-0.3, -0.25) is 14.5 Å². The number of carbonyl (C=O) groups is 2. The second kappa shape index (κ2) is 9.40. The van der Waals surface area contributed by atoms with Crippen LogP contribution in [0.15, 0.2) is 36.4 Å². The predicted octanol–water partition coefficient (Wildman–Crippen LogP) is 3.69. The van der Waals surface area contributed by atoms with Gasteiger partial charge in [-0.15, -0.1) is 0 Å². The molecule has 8 heteroatoms. The molecule has 1 saturated heterocycles. The van der Waals surface area contributed by atoms with Gasteiger partial charge in [-0.05, 0) is 68.8 Å². The molecule has 0 atom stereocenters. The number of ether oxygens (including phenoxy) is 1. The van der Waals surface area contributed by atoms with Crippen LogP contribution >= 0.6 is 0 Å². The molecule has 1 aromatic heterocycles. The fraction of sp³-hybridized carbons (Fsp3) is 0.375. The minimum absolute atomic E-state index is 0.0258. The molecule has 2 aromatic carbocycles. The number of carbonyl (C=O) groups excluding carboxylic acids is 2. The van der Waals surface area contributed by atoms with Gasteiger partial charge in [0.1, 0.15) is 11.6 Å². The van der Waals surface area contributed by atoms with Crippen molar-refractivity contribution in [2.75, 3.05) is 30.8 Å².